The lowest BCUT2D eigenvalue weighted by molar-refractivity contribution is 0.0785. The summed E-state index contributed by atoms with van der Waals surface area (Å²) in [5.74, 6) is -0.800. The second-order valence-electron chi connectivity index (χ2n) is 3.57. The number of aromatic nitrogens is 1. The molecular weight excluding hydrogens is 211 g/mol. The Hall–Kier alpha value is -1.49. The van der Waals surface area contributed by atoms with Gasteiger partial charge in [-0.05, 0) is 25.5 Å². The Morgan fingerprint density at radius 1 is 1.56 bits per heavy atom. The van der Waals surface area contributed by atoms with Crippen LogP contribution in [0, 0.1) is 12.9 Å². The topological polar surface area (TPSA) is 53.4 Å². The lowest BCUT2D eigenvalue weighted by Gasteiger charge is -2.17. The van der Waals surface area contributed by atoms with Gasteiger partial charge >= 0.3 is 0 Å². The van der Waals surface area contributed by atoms with Gasteiger partial charge in [0.1, 0.15) is 0 Å². The monoisotopic (exact) mass is 226 g/mol. The maximum Gasteiger partial charge on any atom is 0.255 e. The maximum absolute atomic E-state index is 12.7. The van der Waals surface area contributed by atoms with Crippen molar-refractivity contribution in [2.45, 2.75) is 13.3 Å². The number of hydrogen-bond donors (Lipinski definition) is 1. The summed E-state index contributed by atoms with van der Waals surface area (Å²) in [6.45, 7) is 2.10. The van der Waals surface area contributed by atoms with Crippen LogP contribution >= 0.6 is 0 Å². The molecule has 1 aromatic rings. The molecule has 1 N–H and O–H groups in total. The number of carbonyl (C=O) groups is 1. The van der Waals surface area contributed by atoms with Crippen molar-refractivity contribution in [1.82, 2.24) is 9.88 Å². The molecule has 0 aliphatic heterocycles. The molecule has 0 saturated carbocycles. The number of pyridine rings is 1. The first-order valence-electron chi connectivity index (χ1n) is 5.05. The zero-order valence-electron chi connectivity index (χ0n) is 9.40. The molecule has 1 aromatic heterocycles. The highest BCUT2D eigenvalue weighted by Crippen LogP contribution is 2.09. The SMILES string of the molecule is Cc1nc(F)ccc1C(=O)N(C)CCCO. The average Bonchev–Trinajstić information content (AvgIpc) is 2.25. The molecule has 5 heteroatoms. The van der Waals surface area contributed by atoms with Crippen LogP contribution in [-0.2, 0) is 0 Å². The predicted molar refractivity (Wildman–Crippen MR) is 57.6 cm³/mol. The van der Waals surface area contributed by atoms with Crippen LogP contribution in [0.1, 0.15) is 22.5 Å². The minimum absolute atomic E-state index is 0.0400. The van der Waals surface area contributed by atoms with Crippen molar-refractivity contribution < 1.29 is 14.3 Å². The van der Waals surface area contributed by atoms with E-state index in [2.05, 4.69) is 4.98 Å². The number of carbonyl (C=O) groups excluding carboxylic acids is 1. The molecule has 1 heterocycles. The Bertz CT molecular complexity index is 382. The molecule has 0 fully saturated rings. The molecule has 0 saturated heterocycles. The molecule has 1 amide bonds. The van der Waals surface area contributed by atoms with E-state index in [0.717, 1.165) is 0 Å². The Morgan fingerprint density at radius 3 is 2.81 bits per heavy atom. The molecule has 4 nitrogen and oxygen atoms in total. The number of amides is 1. The fraction of sp³-hybridized carbons (Fsp3) is 0.455. The Morgan fingerprint density at radius 2 is 2.25 bits per heavy atom. The van der Waals surface area contributed by atoms with Crippen molar-refractivity contribution in [3.8, 4) is 0 Å². The number of aliphatic hydroxyl groups is 1. The van der Waals surface area contributed by atoms with E-state index in [4.69, 9.17) is 5.11 Å². The van der Waals surface area contributed by atoms with E-state index >= 15 is 0 Å². The van der Waals surface area contributed by atoms with Gasteiger partial charge in [-0.15, -0.1) is 0 Å². The maximum atomic E-state index is 12.7. The highest BCUT2D eigenvalue weighted by molar-refractivity contribution is 5.94. The standard InChI is InChI=1S/C11H15FN2O2/c1-8-9(4-5-10(12)13-8)11(16)14(2)6-3-7-15/h4-5,15H,3,6-7H2,1-2H3. The first-order chi connectivity index (χ1) is 7.56. The van der Waals surface area contributed by atoms with Gasteiger partial charge in [0.2, 0.25) is 5.95 Å². The summed E-state index contributed by atoms with van der Waals surface area (Å²) < 4.78 is 12.7. The van der Waals surface area contributed by atoms with Gasteiger partial charge in [-0.25, -0.2) is 4.98 Å². The van der Waals surface area contributed by atoms with Gasteiger partial charge in [0.05, 0.1) is 11.3 Å². The molecule has 16 heavy (non-hydrogen) atoms. The zero-order chi connectivity index (χ0) is 12.1. The van der Waals surface area contributed by atoms with Crippen molar-refractivity contribution in [3.05, 3.63) is 29.3 Å². The van der Waals surface area contributed by atoms with Crippen LogP contribution in [0.5, 0.6) is 0 Å². The predicted octanol–water partition coefficient (Wildman–Crippen LogP) is 0.984. The van der Waals surface area contributed by atoms with E-state index in [-0.39, 0.29) is 12.5 Å². The largest absolute Gasteiger partial charge is 0.396 e. The Kier molecular flexibility index (Phi) is 4.37. The number of aryl methyl sites for hydroxylation is 1. The summed E-state index contributed by atoms with van der Waals surface area (Å²) in [6.07, 6.45) is 0.524. The van der Waals surface area contributed by atoms with Crippen LogP contribution in [-0.4, -0.2) is 41.1 Å². The molecule has 0 aliphatic rings. The fourth-order valence-corrected chi connectivity index (χ4v) is 1.37. The number of rotatable bonds is 4. The van der Waals surface area contributed by atoms with Crippen LogP contribution in [0.2, 0.25) is 0 Å². The van der Waals surface area contributed by atoms with Gasteiger partial charge < -0.3 is 10.0 Å². The van der Waals surface area contributed by atoms with E-state index < -0.39 is 5.95 Å². The van der Waals surface area contributed by atoms with Crippen molar-refractivity contribution in [3.63, 3.8) is 0 Å². The summed E-state index contributed by atoms with van der Waals surface area (Å²) in [4.78, 5) is 16.9. The highest BCUT2D eigenvalue weighted by atomic mass is 19.1. The van der Waals surface area contributed by atoms with Gasteiger partial charge in [-0.3, -0.25) is 4.79 Å². The van der Waals surface area contributed by atoms with Crippen LogP contribution < -0.4 is 0 Å². The molecule has 0 atom stereocenters. The molecule has 0 unspecified atom stereocenters. The Balaban J connectivity index is 2.79. The first-order valence-corrected chi connectivity index (χ1v) is 5.05. The molecule has 0 radical (unpaired) electrons. The lowest BCUT2D eigenvalue weighted by atomic mass is 10.2. The summed E-state index contributed by atoms with van der Waals surface area (Å²) in [7, 11) is 1.64. The molecule has 0 aliphatic carbocycles. The zero-order valence-corrected chi connectivity index (χ0v) is 9.40. The average molecular weight is 226 g/mol. The van der Waals surface area contributed by atoms with Crippen molar-refractivity contribution in [1.29, 1.82) is 0 Å². The van der Waals surface area contributed by atoms with Gasteiger partial charge in [0.15, 0.2) is 0 Å². The number of nitrogens with zero attached hydrogens (tertiary/aromatic N) is 2. The smallest absolute Gasteiger partial charge is 0.255 e. The van der Waals surface area contributed by atoms with Crippen LogP contribution in [0.3, 0.4) is 0 Å². The second kappa shape index (κ2) is 5.55. The van der Waals surface area contributed by atoms with Crippen LogP contribution in [0.4, 0.5) is 4.39 Å². The summed E-state index contributed by atoms with van der Waals surface area (Å²) in [5.41, 5.74) is 0.766. The van der Waals surface area contributed by atoms with E-state index in [0.29, 0.717) is 24.2 Å². The summed E-state index contributed by atoms with van der Waals surface area (Å²) in [5, 5.41) is 8.66. The minimum atomic E-state index is -0.591. The van der Waals surface area contributed by atoms with E-state index in [1.807, 2.05) is 0 Å². The van der Waals surface area contributed by atoms with Gasteiger partial charge in [-0.2, -0.15) is 4.39 Å². The summed E-state index contributed by atoms with van der Waals surface area (Å²) in [6, 6.07) is 2.59. The third-order valence-corrected chi connectivity index (χ3v) is 2.28. The minimum Gasteiger partial charge on any atom is -0.396 e. The van der Waals surface area contributed by atoms with Crippen LogP contribution in [0.15, 0.2) is 12.1 Å². The van der Waals surface area contributed by atoms with Crippen molar-refractivity contribution in [2.75, 3.05) is 20.2 Å². The Labute approximate surface area is 93.7 Å². The van der Waals surface area contributed by atoms with E-state index in [1.54, 1.807) is 14.0 Å². The number of hydrogen-bond acceptors (Lipinski definition) is 3. The van der Waals surface area contributed by atoms with E-state index in [9.17, 15) is 9.18 Å². The third kappa shape index (κ3) is 3.00. The van der Waals surface area contributed by atoms with Gasteiger partial charge in [0.25, 0.3) is 5.91 Å². The molecule has 1 rings (SSSR count). The van der Waals surface area contributed by atoms with Crippen molar-refractivity contribution in [2.24, 2.45) is 0 Å². The normalized spacial score (nSPS) is 10.2. The molecule has 0 aromatic carbocycles. The number of aliphatic hydroxyl groups excluding tert-OH is 1. The third-order valence-electron chi connectivity index (χ3n) is 2.28. The first kappa shape index (κ1) is 12.6. The van der Waals surface area contributed by atoms with Gasteiger partial charge in [0, 0.05) is 20.2 Å². The second-order valence-corrected chi connectivity index (χ2v) is 3.57. The lowest BCUT2D eigenvalue weighted by Crippen LogP contribution is -2.29. The molecule has 0 spiro atoms. The molecule has 0 bridgehead atoms. The fourth-order valence-electron chi connectivity index (χ4n) is 1.37. The molecule has 88 valence electrons. The summed E-state index contributed by atoms with van der Waals surface area (Å²) >= 11 is 0. The highest BCUT2D eigenvalue weighted by Gasteiger charge is 2.14. The number of halogens is 1. The van der Waals surface area contributed by atoms with Crippen LogP contribution in [0.25, 0.3) is 0 Å². The van der Waals surface area contributed by atoms with Crippen molar-refractivity contribution >= 4 is 5.91 Å². The molecular formula is C11H15FN2O2. The van der Waals surface area contributed by atoms with E-state index in [1.165, 1.54) is 17.0 Å². The quantitative estimate of drug-likeness (QED) is 0.779. The van der Waals surface area contributed by atoms with Gasteiger partial charge in [-0.1, -0.05) is 0 Å².